The van der Waals surface area contributed by atoms with Crippen molar-refractivity contribution in [1.29, 1.82) is 0 Å². The van der Waals surface area contributed by atoms with Crippen LogP contribution in [-0.2, 0) is 0 Å². The number of benzene rings is 2. The third-order valence-electron chi connectivity index (χ3n) is 3.07. The van der Waals surface area contributed by atoms with Gasteiger partial charge < -0.3 is 0 Å². The van der Waals surface area contributed by atoms with Gasteiger partial charge in [0.05, 0.1) is 11.2 Å². The molecule has 1 aromatic heterocycles. The van der Waals surface area contributed by atoms with Crippen molar-refractivity contribution < 1.29 is 0 Å². The Morgan fingerprint density at radius 2 is 1.74 bits per heavy atom. The second-order valence-electron chi connectivity index (χ2n) is 4.51. The van der Waals surface area contributed by atoms with Gasteiger partial charge in [0.1, 0.15) is 0 Å². The van der Waals surface area contributed by atoms with E-state index in [2.05, 4.69) is 35.1 Å². The highest BCUT2D eigenvalue weighted by molar-refractivity contribution is 5.98. The Morgan fingerprint density at radius 3 is 2.58 bits per heavy atom. The first-order chi connectivity index (χ1) is 9.33. The predicted molar refractivity (Wildman–Crippen MR) is 80.2 cm³/mol. The van der Waals surface area contributed by atoms with Crippen LogP contribution in [0.15, 0.2) is 65.8 Å². The zero-order valence-electron chi connectivity index (χ0n) is 10.7. The van der Waals surface area contributed by atoms with Crippen LogP contribution < -0.4 is 0 Å². The van der Waals surface area contributed by atoms with Crippen LogP contribution in [0.25, 0.3) is 10.9 Å². The fraction of sp³-hybridized carbons (Fsp3) is 0.0588. The minimum absolute atomic E-state index is 0.964. The molecule has 0 saturated heterocycles. The van der Waals surface area contributed by atoms with Gasteiger partial charge >= 0.3 is 0 Å². The molecule has 19 heavy (non-hydrogen) atoms. The average molecular weight is 246 g/mol. The van der Waals surface area contributed by atoms with Crippen LogP contribution in [0.3, 0.4) is 0 Å². The number of hydrogen-bond acceptors (Lipinski definition) is 2. The third-order valence-corrected chi connectivity index (χ3v) is 3.07. The lowest BCUT2D eigenvalue weighted by Gasteiger charge is -2.00. The zero-order valence-corrected chi connectivity index (χ0v) is 10.7. The van der Waals surface area contributed by atoms with Crippen molar-refractivity contribution >= 4 is 22.8 Å². The molecule has 0 unspecified atom stereocenters. The van der Waals surface area contributed by atoms with Crippen molar-refractivity contribution in [3.63, 3.8) is 0 Å². The molecule has 0 aliphatic rings. The lowest BCUT2D eigenvalue weighted by molar-refractivity contribution is 1.40. The van der Waals surface area contributed by atoms with Gasteiger partial charge in [0.25, 0.3) is 0 Å². The lowest BCUT2D eigenvalue weighted by Crippen LogP contribution is -1.86. The number of fused-ring (bicyclic) bond motifs is 1. The Kier molecular flexibility index (Phi) is 3.07. The average Bonchev–Trinajstić information content (AvgIpc) is 2.47. The molecule has 0 radical (unpaired) electrons. The number of pyridine rings is 1. The van der Waals surface area contributed by atoms with Crippen LogP contribution in [0, 0.1) is 6.92 Å². The van der Waals surface area contributed by atoms with Crippen molar-refractivity contribution in [2.75, 3.05) is 0 Å². The van der Waals surface area contributed by atoms with Crippen molar-refractivity contribution in [3.05, 3.63) is 71.9 Å². The Balaban J connectivity index is 1.99. The topological polar surface area (TPSA) is 25.2 Å². The second kappa shape index (κ2) is 5.02. The maximum absolute atomic E-state index is 4.51. The van der Waals surface area contributed by atoms with Gasteiger partial charge in [-0.05, 0) is 31.2 Å². The SMILES string of the molecule is Cc1ccc(N=Cc2ccnc3ccccc23)cc1. The zero-order chi connectivity index (χ0) is 13.1. The normalized spacial score (nSPS) is 11.2. The first-order valence-corrected chi connectivity index (χ1v) is 6.27. The minimum atomic E-state index is 0.964. The summed E-state index contributed by atoms with van der Waals surface area (Å²) >= 11 is 0. The van der Waals surface area contributed by atoms with Gasteiger partial charge in [-0.1, -0.05) is 35.9 Å². The van der Waals surface area contributed by atoms with Crippen LogP contribution in [-0.4, -0.2) is 11.2 Å². The van der Waals surface area contributed by atoms with E-state index >= 15 is 0 Å². The molecular formula is C17H14N2. The number of rotatable bonds is 2. The van der Waals surface area contributed by atoms with Crippen LogP contribution in [0.5, 0.6) is 0 Å². The molecule has 3 aromatic rings. The number of nitrogens with zero attached hydrogens (tertiary/aromatic N) is 2. The second-order valence-corrected chi connectivity index (χ2v) is 4.51. The molecule has 1 heterocycles. The number of aliphatic imine (C=N–C) groups is 1. The molecule has 0 aliphatic heterocycles. The van der Waals surface area contributed by atoms with E-state index in [-0.39, 0.29) is 0 Å². The molecule has 0 fully saturated rings. The lowest BCUT2D eigenvalue weighted by atomic mass is 10.1. The summed E-state index contributed by atoms with van der Waals surface area (Å²) in [4.78, 5) is 8.86. The number of aryl methyl sites for hydroxylation is 1. The number of aromatic nitrogens is 1. The molecule has 0 bridgehead atoms. The Labute approximate surface area is 112 Å². The molecule has 2 heteroatoms. The smallest absolute Gasteiger partial charge is 0.0708 e. The van der Waals surface area contributed by atoms with Crippen molar-refractivity contribution in [1.82, 2.24) is 4.98 Å². The molecule has 0 atom stereocenters. The summed E-state index contributed by atoms with van der Waals surface area (Å²) in [7, 11) is 0. The van der Waals surface area contributed by atoms with Gasteiger partial charge in [0.2, 0.25) is 0 Å². The van der Waals surface area contributed by atoms with E-state index < -0.39 is 0 Å². The standard InChI is InChI=1S/C17H14N2/c1-13-6-8-15(9-7-13)19-12-14-10-11-18-17-5-3-2-4-16(14)17/h2-12H,1H3. The molecule has 0 aliphatic carbocycles. The number of para-hydroxylation sites is 1. The van der Waals surface area contributed by atoms with E-state index in [1.165, 1.54) is 5.56 Å². The van der Waals surface area contributed by atoms with Gasteiger partial charge in [-0.2, -0.15) is 0 Å². The quantitative estimate of drug-likeness (QED) is 0.619. The van der Waals surface area contributed by atoms with Crippen molar-refractivity contribution in [2.24, 2.45) is 4.99 Å². The highest BCUT2D eigenvalue weighted by Crippen LogP contribution is 2.17. The molecule has 0 N–H and O–H groups in total. The molecule has 92 valence electrons. The fourth-order valence-electron chi connectivity index (χ4n) is 2.01. The highest BCUT2D eigenvalue weighted by Gasteiger charge is 1.98. The summed E-state index contributed by atoms with van der Waals surface area (Å²) in [6, 6.07) is 18.3. The van der Waals surface area contributed by atoms with E-state index in [1.54, 1.807) is 0 Å². The predicted octanol–water partition coefficient (Wildman–Crippen LogP) is 4.29. The van der Waals surface area contributed by atoms with Crippen LogP contribution in [0.4, 0.5) is 5.69 Å². The van der Waals surface area contributed by atoms with E-state index in [0.29, 0.717) is 0 Å². The van der Waals surface area contributed by atoms with E-state index in [4.69, 9.17) is 0 Å². The van der Waals surface area contributed by atoms with Crippen molar-refractivity contribution in [3.8, 4) is 0 Å². The van der Waals surface area contributed by atoms with Gasteiger partial charge in [-0.15, -0.1) is 0 Å². The summed E-state index contributed by atoms with van der Waals surface area (Å²) in [6.07, 6.45) is 3.72. The van der Waals surface area contributed by atoms with Crippen molar-refractivity contribution in [2.45, 2.75) is 6.92 Å². The maximum atomic E-state index is 4.51. The minimum Gasteiger partial charge on any atom is -0.256 e. The van der Waals surface area contributed by atoms with E-state index in [1.807, 2.05) is 48.8 Å². The Morgan fingerprint density at radius 1 is 0.947 bits per heavy atom. The first-order valence-electron chi connectivity index (χ1n) is 6.27. The third kappa shape index (κ3) is 2.52. The molecule has 3 rings (SSSR count). The van der Waals surface area contributed by atoms with Gasteiger partial charge in [-0.25, -0.2) is 0 Å². The van der Waals surface area contributed by atoms with Crippen LogP contribution in [0.2, 0.25) is 0 Å². The van der Waals surface area contributed by atoms with E-state index in [9.17, 15) is 0 Å². The molecule has 0 saturated carbocycles. The summed E-state index contributed by atoms with van der Waals surface area (Å²) in [6.45, 7) is 2.07. The Hall–Kier alpha value is -2.48. The van der Waals surface area contributed by atoms with Gasteiger partial charge in [0.15, 0.2) is 0 Å². The van der Waals surface area contributed by atoms with Crippen LogP contribution >= 0.6 is 0 Å². The molecule has 2 nitrogen and oxygen atoms in total. The van der Waals surface area contributed by atoms with Gasteiger partial charge in [0, 0.05) is 23.4 Å². The Bertz CT molecular complexity index is 722. The molecule has 0 spiro atoms. The van der Waals surface area contributed by atoms with Crippen LogP contribution in [0.1, 0.15) is 11.1 Å². The largest absolute Gasteiger partial charge is 0.256 e. The highest BCUT2D eigenvalue weighted by atomic mass is 14.7. The summed E-state index contributed by atoms with van der Waals surface area (Å²) < 4.78 is 0. The molecule has 0 amide bonds. The first kappa shape index (κ1) is 11.6. The molecular weight excluding hydrogens is 232 g/mol. The fourth-order valence-corrected chi connectivity index (χ4v) is 2.01. The maximum Gasteiger partial charge on any atom is 0.0708 e. The monoisotopic (exact) mass is 246 g/mol. The van der Waals surface area contributed by atoms with Gasteiger partial charge in [-0.3, -0.25) is 9.98 Å². The summed E-state index contributed by atoms with van der Waals surface area (Å²) in [5, 5.41) is 1.13. The molecule has 2 aromatic carbocycles. The number of hydrogen-bond donors (Lipinski definition) is 0. The van der Waals surface area contributed by atoms with E-state index in [0.717, 1.165) is 22.2 Å². The summed E-state index contributed by atoms with van der Waals surface area (Å²) in [5.74, 6) is 0. The summed E-state index contributed by atoms with van der Waals surface area (Å²) in [5.41, 5.74) is 4.29.